The van der Waals surface area contributed by atoms with Gasteiger partial charge in [-0.25, -0.2) is 4.52 Å². The highest BCUT2D eigenvalue weighted by Gasteiger charge is 2.65. The van der Waals surface area contributed by atoms with Gasteiger partial charge >= 0.3 is 10.2 Å². The molecule has 0 atom stereocenters. The molecule has 0 saturated carbocycles. The molecule has 4 aromatic rings. The van der Waals surface area contributed by atoms with E-state index < -0.39 is 26.6 Å². The largest absolute Gasteiger partial charge is 0.369 e. The topological polar surface area (TPSA) is 81.9 Å². The number of imidazole rings is 1. The number of likely N-dealkylation sites (N-methyl/N-ethyl adjacent to an activating group) is 1. The Morgan fingerprint density at radius 1 is 0.953 bits per heavy atom. The Morgan fingerprint density at radius 2 is 1.65 bits per heavy atom. The second-order valence-electron chi connectivity index (χ2n) is 11.4. The van der Waals surface area contributed by atoms with Crippen molar-refractivity contribution >= 4 is 33.2 Å². The number of carbonyl (C=O) groups is 1. The average Bonchev–Trinajstić information content (AvgIpc) is 3.67. The summed E-state index contributed by atoms with van der Waals surface area (Å²) in [6.07, 6.45) is 1.91. The summed E-state index contributed by atoms with van der Waals surface area (Å²) in [4.78, 5) is 14.8. The van der Waals surface area contributed by atoms with Crippen molar-refractivity contribution in [2.24, 2.45) is 0 Å². The number of hydrogen-bond donors (Lipinski definition) is 3. The van der Waals surface area contributed by atoms with Crippen LogP contribution in [-0.4, -0.2) is 71.3 Å². The van der Waals surface area contributed by atoms with Crippen molar-refractivity contribution in [1.29, 1.82) is 0 Å². The van der Waals surface area contributed by atoms with Gasteiger partial charge in [-0.1, -0.05) is 25.5 Å². The fourth-order valence-electron chi connectivity index (χ4n) is 5.53. The van der Waals surface area contributed by atoms with Gasteiger partial charge in [-0.3, -0.25) is 20.2 Å². The summed E-state index contributed by atoms with van der Waals surface area (Å²) < 4.78 is 73.6. The van der Waals surface area contributed by atoms with Gasteiger partial charge in [0.25, 0.3) is 5.91 Å². The monoisotopic (exact) mass is 624 g/mol. The molecular formula is C28H33F5N8OS. The van der Waals surface area contributed by atoms with Crippen molar-refractivity contribution in [2.75, 3.05) is 56.5 Å². The van der Waals surface area contributed by atoms with E-state index in [1.54, 1.807) is 23.1 Å². The zero-order valence-electron chi connectivity index (χ0n) is 23.9. The Bertz CT molecular complexity index is 1720. The molecule has 3 N–H and O–H groups in total. The number of nitrogens with one attached hydrogen (secondary N) is 3. The molecule has 2 aliphatic rings. The number of fused-ring (bicyclic) bond motifs is 1. The lowest BCUT2D eigenvalue weighted by Gasteiger charge is -2.42. The number of carbonyl (C=O) groups excluding carboxylic acids is 1. The molecule has 0 unspecified atom stereocenters. The summed E-state index contributed by atoms with van der Waals surface area (Å²) in [5.41, 5.74) is 10.2. The first kappa shape index (κ1) is 29.4. The quantitative estimate of drug-likeness (QED) is 0.243. The number of hydrazine groups is 1. The van der Waals surface area contributed by atoms with E-state index in [9.17, 15) is 24.2 Å². The van der Waals surface area contributed by atoms with Crippen LogP contribution in [0.4, 0.5) is 30.8 Å². The number of amides is 1. The Kier molecular flexibility index (Phi) is 6.62. The molecular weight excluding hydrogens is 591 g/mol. The van der Waals surface area contributed by atoms with Crippen LogP contribution in [0.3, 0.4) is 0 Å². The molecule has 232 valence electrons. The first-order valence-corrected chi connectivity index (χ1v) is 15.8. The van der Waals surface area contributed by atoms with E-state index in [4.69, 9.17) is 5.10 Å². The first-order valence-electron chi connectivity index (χ1n) is 13.8. The molecule has 15 heteroatoms. The molecule has 9 nitrogen and oxygen atoms in total. The van der Waals surface area contributed by atoms with Gasteiger partial charge in [-0.15, -0.1) is 0 Å². The summed E-state index contributed by atoms with van der Waals surface area (Å²) in [7, 11) is -8.20. The number of hydrogen-bond acceptors (Lipinski definition) is 6. The summed E-state index contributed by atoms with van der Waals surface area (Å²) in [6.45, 7) is 7.11. The highest BCUT2D eigenvalue weighted by atomic mass is 32.5. The maximum Gasteiger partial charge on any atom is 0.310 e. The van der Waals surface area contributed by atoms with E-state index in [-0.39, 0.29) is 17.7 Å². The highest BCUT2D eigenvalue weighted by molar-refractivity contribution is 8.45. The van der Waals surface area contributed by atoms with Gasteiger partial charge in [0, 0.05) is 74.4 Å². The van der Waals surface area contributed by atoms with Crippen LogP contribution < -0.4 is 21.1 Å². The minimum absolute atomic E-state index is 0.0667. The van der Waals surface area contributed by atoms with Gasteiger partial charge in [0.1, 0.15) is 10.5 Å². The Balaban J connectivity index is 1.34. The second-order valence-corrected chi connectivity index (χ2v) is 13.8. The minimum atomic E-state index is -10.1. The van der Waals surface area contributed by atoms with Crippen molar-refractivity contribution in [2.45, 2.75) is 24.7 Å². The molecule has 6 rings (SSSR count). The molecule has 4 heterocycles. The Hall–Kier alpha value is -3.66. The second kappa shape index (κ2) is 9.67. The number of nitrogens with zero attached hydrogens (tertiary/aromatic N) is 5. The third-order valence-corrected chi connectivity index (χ3v) is 9.17. The molecule has 2 aliphatic heterocycles. The summed E-state index contributed by atoms with van der Waals surface area (Å²) >= 11 is 0. The highest BCUT2D eigenvalue weighted by Crippen LogP contribution is 3.02. The number of benzene rings is 2. The number of anilines is 2. The molecule has 1 amide bonds. The van der Waals surface area contributed by atoms with Crippen molar-refractivity contribution in [1.82, 2.24) is 29.9 Å². The molecule has 2 saturated heterocycles. The van der Waals surface area contributed by atoms with Gasteiger partial charge in [-0.05, 0) is 56.8 Å². The lowest BCUT2D eigenvalue weighted by Crippen LogP contribution is -2.44. The number of rotatable bonds is 6. The smallest absolute Gasteiger partial charge is 0.310 e. The molecule has 2 fully saturated rings. The van der Waals surface area contributed by atoms with E-state index in [1.807, 2.05) is 47.1 Å². The van der Waals surface area contributed by atoms with E-state index >= 15 is 0 Å². The van der Waals surface area contributed by atoms with E-state index in [2.05, 4.69) is 16.2 Å². The SMILES string of the molecule is Cc1ccc(NC(=O)c2cc(N3CCN(C)CC3)cc(S(F)(F)(F)(F)F)c2)cc1-n1cc(C)n2nc(C3CNNC3)cc12. The van der Waals surface area contributed by atoms with Crippen molar-refractivity contribution in [3.8, 4) is 5.69 Å². The molecule has 0 radical (unpaired) electrons. The molecule has 0 aliphatic carbocycles. The maximum absolute atomic E-state index is 14.0. The van der Waals surface area contributed by atoms with Gasteiger partial charge < -0.3 is 15.1 Å². The van der Waals surface area contributed by atoms with Gasteiger partial charge in [0.15, 0.2) is 0 Å². The van der Waals surface area contributed by atoms with Crippen LogP contribution >= 0.6 is 10.2 Å². The lowest BCUT2D eigenvalue weighted by molar-refractivity contribution is 0.102. The van der Waals surface area contributed by atoms with Crippen LogP contribution in [0.5, 0.6) is 0 Å². The number of halogens is 5. The summed E-state index contributed by atoms with van der Waals surface area (Å²) in [5.74, 6) is -0.715. The van der Waals surface area contributed by atoms with Crippen LogP contribution in [0.25, 0.3) is 11.3 Å². The third-order valence-electron chi connectivity index (χ3n) is 8.04. The molecule has 0 spiro atoms. The fraction of sp³-hybridized carbons (Fsp3) is 0.357. The van der Waals surface area contributed by atoms with Gasteiger partial charge in [0.05, 0.1) is 17.1 Å². The zero-order valence-corrected chi connectivity index (χ0v) is 24.7. The predicted molar refractivity (Wildman–Crippen MR) is 158 cm³/mol. The van der Waals surface area contributed by atoms with Crippen molar-refractivity contribution < 1.29 is 24.2 Å². The standard InChI is InChI=1S/C28H33F5N8OS/c1-18-4-5-22(12-26(18)40-17-19(2)41-27(40)14-25(37-41)21-15-34-35-16-21)36-28(42)20-10-23(39-8-6-38(3)7-9-39)13-24(11-20)43(29,30,31,32)33/h4-5,10-14,17,21,34-35H,6-9,15-16H2,1-3H3,(H,36,42). The third kappa shape index (κ3) is 5.94. The van der Waals surface area contributed by atoms with Gasteiger partial charge in [-0.2, -0.15) is 5.10 Å². The normalized spacial score (nSPS) is 18.7. The fourth-order valence-corrected chi connectivity index (χ4v) is 6.22. The van der Waals surface area contributed by atoms with Crippen LogP contribution in [0.2, 0.25) is 0 Å². The first-order chi connectivity index (χ1) is 20.1. The van der Waals surface area contributed by atoms with E-state index in [0.29, 0.717) is 37.9 Å². The van der Waals surface area contributed by atoms with Crippen LogP contribution in [0, 0.1) is 13.8 Å². The number of aryl methyl sites for hydroxylation is 2. The van der Waals surface area contributed by atoms with E-state index in [1.165, 1.54) is 6.07 Å². The minimum Gasteiger partial charge on any atom is -0.369 e. The molecule has 2 aromatic carbocycles. The number of piperazine rings is 1. The van der Waals surface area contributed by atoms with Crippen LogP contribution in [-0.2, 0) is 0 Å². The zero-order chi connectivity index (χ0) is 30.8. The van der Waals surface area contributed by atoms with Crippen molar-refractivity contribution in [3.63, 3.8) is 0 Å². The average molecular weight is 625 g/mol. The summed E-state index contributed by atoms with van der Waals surface area (Å²) in [6, 6.07) is 9.03. The van der Waals surface area contributed by atoms with E-state index in [0.717, 1.165) is 41.4 Å². The number of aromatic nitrogens is 3. The van der Waals surface area contributed by atoms with Crippen LogP contribution in [0.15, 0.2) is 53.6 Å². The Morgan fingerprint density at radius 3 is 2.33 bits per heavy atom. The lowest BCUT2D eigenvalue weighted by atomic mass is 10.1. The summed E-state index contributed by atoms with van der Waals surface area (Å²) in [5, 5.41) is 7.38. The molecule has 43 heavy (non-hydrogen) atoms. The Labute approximate surface area is 245 Å². The molecule has 0 bridgehead atoms. The van der Waals surface area contributed by atoms with Crippen LogP contribution in [0.1, 0.15) is 33.2 Å². The maximum atomic E-state index is 14.0. The van der Waals surface area contributed by atoms with Gasteiger partial charge in [0.2, 0.25) is 0 Å². The molecule has 2 aromatic heterocycles. The van der Waals surface area contributed by atoms with Crippen molar-refractivity contribution in [3.05, 3.63) is 71.2 Å². The predicted octanol–water partition coefficient (Wildman–Crippen LogP) is 5.59.